The Morgan fingerprint density at radius 3 is 2.57 bits per heavy atom. The quantitative estimate of drug-likeness (QED) is 0.848. The highest BCUT2D eigenvalue weighted by Gasteiger charge is 2.15. The lowest BCUT2D eigenvalue weighted by molar-refractivity contribution is -0.122. The van der Waals surface area contributed by atoms with E-state index in [1.807, 2.05) is 0 Å². The molecule has 2 aromatic carbocycles. The van der Waals surface area contributed by atoms with Crippen molar-refractivity contribution in [1.82, 2.24) is 0 Å². The zero-order valence-electron chi connectivity index (χ0n) is 11.1. The predicted octanol–water partition coefficient (Wildman–Crippen LogP) is 4.65. The first-order valence-electron chi connectivity index (χ1n) is 6.14. The molecule has 1 atom stereocenters. The second-order valence-electron chi connectivity index (χ2n) is 4.33. The number of hydrogen-bond acceptors (Lipinski definition) is 2. The van der Waals surface area contributed by atoms with Crippen molar-refractivity contribution in [2.24, 2.45) is 0 Å². The molecule has 0 aromatic heterocycles. The van der Waals surface area contributed by atoms with Gasteiger partial charge in [0.25, 0.3) is 5.91 Å². The minimum atomic E-state index is -0.724. The molecule has 0 unspecified atom stereocenters. The zero-order chi connectivity index (χ0) is 15.4. The molecule has 6 heteroatoms. The molecule has 110 valence electrons. The molecule has 2 rings (SSSR count). The van der Waals surface area contributed by atoms with Crippen LogP contribution < -0.4 is 10.1 Å². The number of amides is 1. The Morgan fingerprint density at radius 2 is 1.95 bits per heavy atom. The van der Waals surface area contributed by atoms with Gasteiger partial charge in [-0.2, -0.15) is 0 Å². The topological polar surface area (TPSA) is 38.3 Å². The van der Waals surface area contributed by atoms with Crippen molar-refractivity contribution in [2.75, 3.05) is 5.32 Å². The molecular weight excluding hydrogens is 361 g/mol. The van der Waals surface area contributed by atoms with Gasteiger partial charge in [-0.25, -0.2) is 4.39 Å². The van der Waals surface area contributed by atoms with E-state index in [2.05, 4.69) is 21.2 Å². The van der Waals surface area contributed by atoms with Gasteiger partial charge in [-0.3, -0.25) is 4.79 Å². The first-order chi connectivity index (χ1) is 9.95. The van der Waals surface area contributed by atoms with E-state index in [0.29, 0.717) is 16.5 Å². The predicted molar refractivity (Wildman–Crippen MR) is 84.3 cm³/mol. The van der Waals surface area contributed by atoms with Crippen molar-refractivity contribution in [3.05, 3.63) is 57.8 Å². The standard InChI is InChI=1S/C15H12BrClFNO2/c1-9(21-12-5-2-10(18)3-6-12)15(20)19-11-4-7-13(16)14(17)8-11/h2-9H,1H3,(H,19,20)/t9-/m0/s1. The van der Waals surface area contributed by atoms with E-state index in [-0.39, 0.29) is 11.7 Å². The number of nitrogens with one attached hydrogen (secondary N) is 1. The van der Waals surface area contributed by atoms with Crippen LogP contribution in [-0.2, 0) is 4.79 Å². The van der Waals surface area contributed by atoms with E-state index in [1.165, 1.54) is 24.3 Å². The molecule has 0 saturated heterocycles. The monoisotopic (exact) mass is 371 g/mol. The van der Waals surface area contributed by atoms with Gasteiger partial charge in [-0.05, 0) is 65.3 Å². The molecular formula is C15H12BrClFNO2. The van der Waals surface area contributed by atoms with Crippen LogP contribution in [0.2, 0.25) is 5.02 Å². The Bertz CT molecular complexity index is 649. The summed E-state index contributed by atoms with van der Waals surface area (Å²) in [5.74, 6) is -0.255. The summed E-state index contributed by atoms with van der Waals surface area (Å²) in [4.78, 5) is 12.0. The van der Waals surface area contributed by atoms with Crippen molar-refractivity contribution in [3.63, 3.8) is 0 Å². The van der Waals surface area contributed by atoms with Crippen LogP contribution in [0.3, 0.4) is 0 Å². The molecule has 0 aliphatic carbocycles. The molecule has 1 amide bonds. The van der Waals surface area contributed by atoms with E-state index in [9.17, 15) is 9.18 Å². The van der Waals surface area contributed by atoms with Crippen molar-refractivity contribution in [2.45, 2.75) is 13.0 Å². The van der Waals surface area contributed by atoms with Gasteiger partial charge in [-0.1, -0.05) is 11.6 Å². The Balaban J connectivity index is 1.98. The molecule has 0 aliphatic rings. The van der Waals surface area contributed by atoms with Crippen molar-refractivity contribution in [1.29, 1.82) is 0 Å². The summed E-state index contributed by atoms with van der Waals surface area (Å²) in [6, 6.07) is 10.6. The Morgan fingerprint density at radius 1 is 1.29 bits per heavy atom. The molecule has 0 aliphatic heterocycles. The third kappa shape index (κ3) is 4.44. The highest BCUT2D eigenvalue weighted by Crippen LogP contribution is 2.25. The van der Waals surface area contributed by atoms with E-state index >= 15 is 0 Å². The number of anilines is 1. The minimum absolute atomic E-state index is 0.322. The molecule has 0 fully saturated rings. The summed E-state index contributed by atoms with van der Waals surface area (Å²) in [7, 11) is 0. The fraction of sp³-hybridized carbons (Fsp3) is 0.133. The lowest BCUT2D eigenvalue weighted by Gasteiger charge is -2.15. The molecule has 0 bridgehead atoms. The third-order valence-corrected chi connectivity index (χ3v) is 3.92. The molecule has 21 heavy (non-hydrogen) atoms. The summed E-state index contributed by atoms with van der Waals surface area (Å²) in [5, 5.41) is 3.20. The average molecular weight is 373 g/mol. The molecule has 1 N–H and O–H groups in total. The highest BCUT2D eigenvalue weighted by molar-refractivity contribution is 9.10. The van der Waals surface area contributed by atoms with E-state index in [0.717, 1.165) is 4.47 Å². The number of benzene rings is 2. The largest absolute Gasteiger partial charge is 0.481 e. The lowest BCUT2D eigenvalue weighted by Crippen LogP contribution is -2.30. The maximum absolute atomic E-state index is 12.8. The summed E-state index contributed by atoms with van der Waals surface area (Å²) in [5.41, 5.74) is 0.572. The number of carbonyl (C=O) groups excluding carboxylic acids is 1. The molecule has 2 aromatic rings. The lowest BCUT2D eigenvalue weighted by atomic mass is 10.3. The molecule has 3 nitrogen and oxygen atoms in total. The Kier molecular flexibility index (Phi) is 5.20. The number of carbonyl (C=O) groups is 1. The highest BCUT2D eigenvalue weighted by atomic mass is 79.9. The second kappa shape index (κ2) is 6.91. The minimum Gasteiger partial charge on any atom is -0.481 e. The fourth-order valence-corrected chi connectivity index (χ4v) is 2.02. The van der Waals surface area contributed by atoms with Crippen molar-refractivity contribution in [3.8, 4) is 5.75 Å². The maximum Gasteiger partial charge on any atom is 0.265 e. The summed E-state index contributed by atoms with van der Waals surface area (Å²) >= 11 is 9.23. The first-order valence-corrected chi connectivity index (χ1v) is 7.31. The number of halogens is 3. The van der Waals surface area contributed by atoms with Gasteiger partial charge < -0.3 is 10.1 Å². The van der Waals surface area contributed by atoms with Gasteiger partial charge in [0.2, 0.25) is 0 Å². The van der Waals surface area contributed by atoms with Crippen molar-refractivity contribution < 1.29 is 13.9 Å². The van der Waals surface area contributed by atoms with Crippen LogP contribution >= 0.6 is 27.5 Å². The maximum atomic E-state index is 12.8. The Labute approximate surface area is 135 Å². The third-order valence-electron chi connectivity index (χ3n) is 2.68. The van der Waals surface area contributed by atoms with Gasteiger partial charge >= 0.3 is 0 Å². The Hall–Kier alpha value is -1.59. The normalized spacial score (nSPS) is 11.8. The average Bonchev–Trinajstić information content (AvgIpc) is 2.45. The molecule has 0 radical (unpaired) electrons. The van der Waals surface area contributed by atoms with Crippen LogP contribution in [0.15, 0.2) is 46.9 Å². The van der Waals surface area contributed by atoms with Crippen LogP contribution in [0.4, 0.5) is 10.1 Å². The number of rotatable bonds is 4. The zero-order valence-corrected chi connectivity index (χ0v) is 13.4. The van der Waals surface area contributed by atoms with Gasteiger partial charge in [0.15, 0.2) is 6.10 Å². The van der Waals surface area contributed by atoms with E-state index in [1.54, 1.807) is 25.1 Å². The van der Waals surface area contributed by atoms with Crippen LogP contribution in [-0.4, -0.2) is 12.0 Å². The number of hydrogen-bond donors (Lipinski definition) is 1. The molecule has 0 heterocycles. The van der Waals surface area contributed by atoms with Crippen LogP contribution in [0, 0.1) is 5.82 Å². The van der Waals surface area contributed by atoms with Gasteiger partial charge in [-0.15, -0.1) is 0 Å². The number of ether oxygens (including phenoxy) is 1. The summed E-state index contributed by atoms with van der Waals surface area (Å²) < 4.78 is 19.0. The summed E-state index contributed by atoms with van der Waals surface area (Å²) in [6.45, 7) is 1.61. The fourth-order valence-electron chi connectivity index (χ4n) is 1.59. The molecule has 0 spiro atoms. The van der Waals surface area contributed by atoms with E-state index in [4.69, 9.17) is 16.3 Å². The van der Waals surface area contributed by atoms with E-state index < -0.39 is 6.10 Å². The van der Waals surface area contributed by atoms with Crippen LogP contribution in [0.25, 0.3) is 0 Å². The molecule has 0 saturated carbocycles. The van der Waals surface area contributed by atoms with Crippen molar-refractivity contribution >= 4 is 39.1 Å². The smallest absolute Gasteiger partial charge is 0.265 e. The van der Waals surface area contributed by atoms with Crippen LogP contribution in [0.1, 0.15) is 6.92 Å². The SMILES string of the molecule is C[C@H](Oc1ccc(F)cc1)C(=O)Nc1ccc(Br)c(Cl)c1. The van der Waals surface area contributed by atoms with Gasteiger partial charge in [0, 0.05) is 10.2 Å². The second-order valence-corrected chi connectivity index (χ2v) is 5.59. The van der Waals surface area contributed by atoms with Crippen LogP contribution in [0.5, 0.6) is 5.75 Å². The first kappa shape index (κ1) is 15.8. The van der Waals surface area contributed by atoms with Gasteiger partial charge in [0.05, 0.1) is 5.02 Å². The summed E-state index contributed by atoms with van der Waals surface area (Å²) in [6.07, 6.45) is -0.724. The van der Waals surface area contributed by atoms with Gasteiger partial charge in [0.1, 0.15) is 11.6 Å².